The summed E-state index contributed by atoms with van der Waals surface area (Å²) in [7, 11) is -0.431. The molecule has 0 bridgehead atoms. The number of nitrogens with one attached hydrogen (secondary N) is 2. The predicted octanol–water partition coefficient (Wildman–Crippen LogP) is 5.93. The molecule has 5 rings (SSSR count). The predicted molar refractivity (Wildman–Crippen MR) is 155 cm³/mol. The first-order valence-corrected chi connectivity index (χ1v) is 15.2. The Balaban J connectivity index is 1.38. The molecule has 39 heavy (non-hydrogen) atoms. The Hall–Kier alpha value is -2.59. The van der Waals surface area contributed by atoms with Crippen molar-refractivity contribution in [3.05, 3.63) is 36.2 Å². The van der Waals surface area contributed by atoms with E-state index in [1.54, 1.807) is 0 Å². The number of alkyl halides is 2. The second kappa shape index (κ2) is 10.8. The number of benzene rings is 1. The fraction of sp³-hybridized carbons (Fsp3) is 0.586. The van der Waals surface area contributed by atoms with E-state index in [-0.39, 0.29) is 36.3 Å². The van der Waals surface area contributed by atoms with Crippen molar-refractivity contribution in [3.8, 4) is 0 Å². The quantitative estimate of drug-likeness (QED) is 0.348. The average Bonchev–Trinajstić information content (AvgIpc) is 3.56. The van der Waals surface area contributed by atoms with Crippen LogP contribution in [0.5, 0.6) is 0 Å². The Bertz CT molecular complexity index is 1250. The van der Waals surface area contributed by atoms with Gasteiger partial charge in [-0.05, 0) is 76.5 Å². The standard InChI is InChI=1S/C29H39F2N5O2S/c1-4-39(22-8-9-29(30,31)17-22)21-7-5-6-20(16-21)33-26(38)24-25(36-14-12-28(10-11-28)13-15-36)34-23(18-32-24)35-27(2,3)19-37/h4-7,16,18,22,37H,8-15,17,19H2,1-3H3,(H,33,38)(H,34,35)/t22-,39?/m0/s1. The van der Waals surface area contributed by atoms with E-state index in [1.165, 1.54) is 19.0 Å². The fourth-order valence-corrected chi connectivity index (χ4v) is 7.97. The first-order valence-electron chi connectivity index (χ1n) is 13.8. The Morgan fingerprint density at radius 1 is 1.23 bits per heavy atom. The first-order chi connectivity index (χ1) is 18.5. The smallest absolute Gasteiger partial charge is 0.278 e. The van der Waals surface area contributed by atoms with Gasteiger partial charge in [0.15, 0.2) is 11.5 Å². The highest BCUT2D eigenvalue weighted by Crippen LogP contribution is 2.54. The van der Waals surface area contributed by atoms with E-state index in [0.29, 0.717) is 29.2 Å². The van der Waals surface area contributed by atoms with Gasteiger partial charge in [-0.1, -0.05) is 11.4 Å². The van der Waals surface area contributed by atoms with Crippen LogP contribution in [-0.4, -0.2) is 62.8 Å². The summed E-state index contributed by atoms with van der Waals surface area (Å²) in [6, 6.07) is 7.51. The van der Waals surface area contributed by atoms with Gasteiger partial charge in [-0.3, -0.25) is 4.79 Å². The monoisotopic (exact) mass is 559 g/mol. The lowest BCUT2D eigenvalue weighted by Crippen LogP contribution is -2.38. The summed E-state index contributed by atoms with van der Waals surface area (Å²) in [5.74, 6) is -1.92. The van der Waals surface area contributed by atoms with E-state index in [9.17, 15) is 18.7 Å². The van der Waals surface area contributed by atoms with Gasteiger partial charge < -0.3 is 20.6 Å². The number of piperidine rings is 1. The van der Waals surface area contributed by atoms with Gasteiger partial charge in [-0.25, -0.2) is 18.7 Å². The Labute approximate surface area is 231 Å². The molecule has 1 aromatic carbocycles. The Kier molecular flexibility index (Phi) is 7.72. The maximum Gasteiger partial charge on any atom is 0.278 e. The van der Waals surface area contributed by atoms with Gasteiger partial charge in [-0.15, -0.1) is 0 Å². The van der Waals surface area contributed by atoms with Gasteiger partial charge >= 0.3 is 0 Å². The third kappa shape index (κ3) is 6.43. The summed E-state index contributed by atoms with van der Waals surface area (Å²) in [6.45, 7) is 7.22. The van der Waals surface area contributed by atoms with Crippen LogP contribution in [0.4, 0.5) is 26.1 Å². The molecule has 2 aliphatic carbocycles. The molecule has 3 N–H and O–H groups in total. The third-order valence-electron chi connectivity index (χ3n) is 8.25. The van der Waals surface area contributed by atoms with Gasteiger partial charge in [0, 0.05) is 41.8 Å². The SMILES string of the molecule is C/C=S(/c1cccc(NC(=O)c2ncc(NC(C)(C)CO)nc2N2CCC3(CC2)CC3)c1)[C@H]1CCC(F)(F)C1. The van der Waals surface area contributed by atoms with Crippen molar-refractivity contribution >= 4 is 39.1 Å². The molecule has 1 unspecified atom stereocenters. The summed E-state index contributed by atoms with van der Waals surface area (Å²) in [5.41, 5.74) is 0.732. The van der Waals surface area contributed by atoms with E-state index in [1.807, 2.05) is 50.4 Å². The molecule has 7 nitrogen and oxygen atoms in total. The Morgan fingerprint density at radius 2 is 1.97 bits per heavy atom. The maximum absolute atomic E-state index is 13.9. The molecule has 3 fully saturated rings. The maximum atomic E-state index is 13.9. The molecule has 2 saturated carbocycles. The van der Waals surface area contributed by atoms with Crippen LogP contribution in [-0.2, 0) is 0 Å². The molecule has 10 heteroatoms. The lowest BCUT2D eigenvalue weighted by molar-refractivity contribution is 0.00976. The summed E-state index contributed by atoms with van der Waals surface area (Å²) in [4.78, 5) is 26.0. The van der Waals surface area contributed by atoms with E-state index >= 15 is 0 Å². The Morgan fingerprint density at radius 3 is 2.59 bits per heavy atom. The van der Waals surface area contributed by atoms with Crippen molar-refractivity contribution < 1.29 is 18.7 Å². The number of carbonyl (C=O) groups is 1. The van der Waals surface area contributed by atoms with E-state index in [4.69, 9.17) is 4.98 Å². The summed E-state index contributed by atoms with van der Waals surface area (Å²) in [5, 5.41) is 17.8. The molecular weight excluding hydrogens is 520 g/mol. The average molecular weight is 560 g/mol. The minimum Gasteiger partial charge on any atom is -0.394 e. The zero-order chi connectivity index (χ0) is 27.8. The number of halogens is 2. The minimum atomic E-state index is -2.60. The van der Waals surface area contributed by atoms with Gasteiger partial charge in [0.2, 0.25) is 5.92 Å². The molecule has 0 radical (unpaired) electrons. The molecule has 1 aromatic heterocycles. The highest BCUT2D eigenvalue weighted by Gasteiger charge is 2.45. The van der Waals surface area contributed by atoms with E-state index < -0.39 is 21.9 Å². The highest BCUT2D eigenvalue weighted by atomic mass is 32.2. The van der Waals surface area contributed by atoms with Crippen molar-refractivity contribution in [2.75, 3.05) is 35.2 Å². The number of hydrogen-bond acceptors (Lipinski definition) is 6. The van der Waals surface area contributed by atoms with Crippen LogP contribution in [0.3, 0.4) is 0 Å². The number of anilines is 3. The van der Waals surface area contributed by atoms with Crippen LogP contribution in [0.2, 0.25) is 0 Å². The van der Waals surface area contributed by atoms with Crippen LogP contribution in [0.25, 0.3) is 0 Å². The molecule has 2 aromatic rings. The number of aliphatic hydroxyl groups excluding tert-OH is 1. The van der Waals surface area contributed by atoms with Crippen LogP contribution in [0.1, 0.15) is 76.2 Å². The normalized spacial score (nSPS) is 22.6. The molecule has 1 aliphatic heterocycles. The van der Waals surface area contributed by atoms with Gasteiger partial charge in [-0.2, -0.15) is 10.5 Å². The molecule has 1 saturated heterocycles. The number of hydrogen-bond donors (Lipinski definition) is 3. The minimum absolute atomic E-state index is 0.0646. The second-order valence-corrected chi connectivity index (χ2v) is 14.2. The van der Waals surface area contributed by atoms with Crippen molar-refractivity contribution in [2.45, 2.75) is 87.3 Å². The van der Waals surface area contributed by atoms with Crippen LogP contribution >= 0.6 is 10.5 Å². The van der Waals surface area contributed by atoms with Crippen molar-refractivity contribution in [2.24, 2.45) is 5.41 Å². The van der Waals surface area contributed by atoms with E-state index in [2.05, 4.69) is 20.5 Å². The largest absolute Gasteiger partial charge is 0.394 e. The molecule has 1 amide bonds. The molecule has 1 spiro atoms. The summed E-state index contributed by atoms with van der Waals surface area (Å²) < 4.78 is 27.8. The van der Waals surface area contributed by atoms with Crippen LogP contribution in [0.15, 0.2) is 35.4 Å². The number of aromatic nitrogens is 2. The van der Waals surface area contributed by atoms with Crippen molar-refractivity contribution in [1.29, 1.82) is 0 Å². The van der Waals surface area contributed by atoms with Gasteiger partial charge in [0.25, 0.3) is 5.91 Å². The number of nitrogens with zero attached hydrogens (tertiary/aromatic N) is 3. The van der Waals surface area contributed by atoms with Crippen molar-refractivity contribution in [3.63, 3.8) is 0 Å². The summed E-state index contributed by atoms with van der Waals surface area (Å²) in [6.07, 6.45) is 6.57. The third-order valence-corrected chi connectivity index (χ3v) is 10.7. The highest BCUT2D eigenvalue weighted by molar-refractivity contribution is 8.15. The number of aliphatic hydroxyl groups is 1. The lowest BCUT2D eigenvalue weighted by Gasteiger charge is -2.34. The lowest BCUT2D eigenvalue weighted by atomic mass is 9.93. The number of carbonyl (C=O) groups excluding carboxylic acids is 1. The summed E-state index contributed by atoms with van der Waals surface area (Å²) >= 11 is 0. The van der Waals surface area contributed by atoms with Crippen LogP contribution < -0.4 is 15.5 Å². The number of amides is 1. The second-order valence-electron chi connectivity index (χ2n) is 11.9. The zero-order valence-corrected chi connectivity index (χ0v) is 23.8. The first kappa shape index (κ1) is 28.0. The molecule has 3 aliphatic rings. The molecule has 212 valence electrons. The molecule has 2 heterocycles. The van der Waals surface area contributed by atoms with Crippen LogP contribution in [0, 0.1) is 5.41 Å². The fourth-order valence-electron chi connectivity index (χ4n) is 5.63. The molecule has 2 atom stereocenters. The van der Waals surface area contributed by atoms with Gasteiger partial charge in [0.05, 0.1) is 18.3 Å². The van der Waals surface area contributed by atoms with Crippen molar-refractivity contribution in [1.82, 2.24) is 9.97 Å². The topological polar surface area (TPSA) is 90.4 Å². The zero-order valence-electron chi connectivity index (χ0n) is 23.0. The number of rotatable bonds is 8. The van der Waals surface area contributed by atoms with E-state index in [0.717, 1.165) is 30.8 Å². The van der Waals surface area contributed by atoms with Gasteiger partial charge in [0.1, 0.15) is 5.82 Å². The molecular formula is C29H39F2N5O2S.